The number of aromatic nitrogens is 1. The minimum Gasteiger partial charge on any atom is -0.340 e. The van der Waals surface area contributed by atoms with Crippen LogP contribution in [-0.2, 0) is 4.79 Å². The van der Waals surface area contributed by atoms with Crippen molar-refractivity contribution in [2.75, 3.05) is 37.8 Å². The Labute approximate surface area is 173 Å². The highest BCUT2D eigenvalue weighted by molar-refractivity contribution is 8.00. The number of halogens is 1. The van der Waals surface area contributed by atoms with E-state index in [0.717, 1.165) is 22.6 Å². The number of quaternary nitrogens is 1. The van der Waals surface area contributed by atoms with Crippen molar-refractivity contribution in [3.63, 3.8) is 0 Å². The Morgan fingerprint density at radius 3 is 2.64 bits per heavy atom. The largest absolute Gasteiger partial charge is 0.340 e. The molecular weight excluding hydrogens is 393 g/mol. The second-order valence-electron chi connectivity index (χ2n) is 7.04. The van der Waals surface area contributed by atoms with Crippen molar-refractivity contribution in [3.8, 4) is 0 Å². The molecule has 148 valence electrons. The normalized spacial score (nSPS) is 11.3. The van der Waals surface area contributed by atoms with Gasteiger partial charge < -0.3 is 4.90 Å². The SMILES string of the molecule is Cc1ccc(SCC(=O)N(CCC[NH+](C)C)c2nc3c(F)cccc3s2)cc1. The molecule has 1 N–H and O–H groups in total. The zero-order chi connectivity index (χ0) is 20.1. The van der Waals surface area contributed by atoms with Crippen molar-refractivity contribution in [2.45, 2.75) is 18.2 Å². The van der Waals surface area contributed by atoms with Crippen LogP contribution in [0.4, 0.5) is 9.52 Å². The van der Waals surface area contributed by atoms with Crippen molar-refractivity contribution >= 4 is 44.4 Å². The van der Waals surface area contributed by atoms with Gasteiger partial charge in [0.1, 0.15) is 11.3 Å². The third-order valence-electron chi connectivity index (χ3n) is 4.33. The average molecular weight is 419 g/mol. The maximum Gasteiger partial charge on any atom is 0.239 e. The first-order valence-electron chi connectivity index (χ1n) is 9.28. The molecule has 0 fully saturated rings. The molecule has 1 amide bonds. The van der Waals surface area contributed by atoms with Crippen LogP contribution in [0.1, 0.15) is 12.0 Å². The van der Waals surface area contributed by atoms with Gasteiger partial charge in [0, 0.05) is 17.9 Å². The van der Waals surface area contributed by atoms with Crippen LogP contribution in [0, 0.1) is 12.7 Å². The highest BCUT2D eigenvalue weighted by atomic mass is 32.2. The highest BCUT2D eigenvalue weighted by Crippen LogP contribution is 2.31. The predicted octanol–water partition coefficient (Wildman–Crippen LogP) is 3.40. The molecule has 0 saturated heterocycles. The number of carbonyl (C=O) groups is 1. The minimum atomic E-state index is -0.348. The van der Waals surface area contributed by atoms with E-state index < -0.39 is 0 Å². The van der Waals surface area contributed by atoms with E-state index >= 15 is 0 Å². The molecule has 2 aromatic carbocycles. The van der Waals surface area contributed by atoms with Crippen LogP contribution < -0.4 is 9.80 Å². The molecule has 7 heteroatoms. The summed E-state index contributed by atoms with van der Waals surface area (Å²) >= 11 is 2.88. The second-order valence-corrected chi connectivity index (χ2v) is 9.10. The number of aryl methyl sites for hydroxylation is 1. The summed E-state index contributed by atoms with van der Waals surface area (Å²) in [6.45, 7) is 3.58. The van der Waals surface area contributed by atoms with Gasteiger partial charge in [-0.25, -0.2) is 9.37 Å². The van der Waals surface area contributed by atoms with E-state index in [1.54, 1.807) is 11.0 Å². The van der Waals surface area contributed by atoms with Gasteiger partial charge in [0.25, 0.3) is 0 Å². The summed E-state index contributed by atoms with van der Waals surface area (Å²) in [4.78, 5) is 21.5. The van der Waals surface area contributed by atoms with Crippen LogP contribution in [0.25, 0.3) is 10.2 Å². The van der Waals surface area contributed by atoms with Crippen LogP contribution in [0.2, 0.25) is 0 Å². The lowest BCUT2D eigenvalue weighted by molar-refractivity contribution is -0.858. The van der Waals surface area contributed by atoms with E-state index in [0.29, 0.717) is 22.9 Å². The van der Waals surface area contributed by atoms with Gasteiger partial charge in [0.15, 0.2) is 5.13 Å². The van der Waals surface area contributed by atoms with Crippen LogP contribution >= 0.6 is 23.1 Å². The van der Waals surface area contributed by atoms with Crippen molar-refractivity contribution in [1.29, 1.82) is 0 Å². The number of rotatable bonds is 8. The van der Waals surface area contributed by atoms with E-state index in [9.17, 15) is 9.18 Å². The summed E-state index contributed by atoms with van der Waals surface area (Å²) in [6.07, 6.45) is 0.863. The number of thioether (sulfide) groups is 1. The molecule has 1 aromatic heterocycles. The number of carbonyl (C=O) groups excluding carboxylic acids is 1. The zero-order valence-corrected chi connectivity index (χ0v) is 18.0. The minimum absolute atomic E-state index is 0.00112. The van der Waals surface area contributed by atoms with Crippen molar-refractivity contribution in [3.05, 3.63) is 53.8 Å². The number of nitrogens with zero attached hydrogens (tertiary/aromatic N) is 2. The Morgan fingerprint density at radius 2 is 1.96 bits per heavy atom. The molecule has 3 rings (SSSR count). The number of fused-ring (bicyclic) bond motifs is 1. The Bertz CT molecular complexity index is 940. The van der Waals surface area contributed by atoms with E-state index in [4.69, 9.17) is 0 Å². The first-order valence-corrected chi connectivity index (χ1v) is 11.1. The maximum absolute atomic E-state index is 14.1. The number of benzene rings is 2. The van der Waals surface area contributed by atoms with Gasteiger partial charge in [-0.3, -0.25) is 9.69 Å². The number of para-hydroxylation sites is 1. The monoisotopic (exact) mass is 418 g/mol. The maximum atomic E-state index is 14.1. The van der Waals surface area contributed by atoms with Crippen molar-refractivity contribution in [1.82, 2.24) is 4.98 Å². The van der Waals surface area contributed by atoms with Gasteiger partial charge in [0.05, 0.1) is 31.1 Å². The van der Waals surface area contributed by atoms with Crippen LogP contribution in [0.15, 0.2) is 47.4 Å². The molecule has 0 atom stereocenters. The number of amides is 1. The molecule has 0 aliphatic carbocycles. The summed E-state index contributed by atoms with van der Waals surface area (Å²) in [5, 5.41) is 0.573. The molecule has 0 aliphatic rings. The lowest BCUT2D eigenvalue weighted by Gasteiger charge is -2.20. The Kier molecular flexibility index (Phi) is 7.04. The average Bonchev–Trinajstić information content (AvgIpc) is 3.09. The van der Waals surface area contributed by atoms with Gasteiger partial charge in [-0.15, -0.1) is 11.8 Å². The smallest absolute Gasteiger partial charge is 0.239 e. The van der Waals surface area contributed by atoms with Crippen LogP contribution in [0.5, 0.6) is 0 Å². The fourth-order valence-corrected chi connectivity index (χ4v) is 4.59. The molecule has 28 heavy (non-hydrogen) atoms. The van der Waals surface area contributed by atoms with E-state index in [-0.39, 0.29) is 11.7 Å². The molecule has 4 nitrogen and oxygen atoms in total. The van der Waals surface area contributed by atoms with Gasteiger partial charge in [0.2, 0.25) is 5.91 Å². The standard InChI is InChI=1S/C21H24FN3OS2/c1-15-8-10-16(11-9-15)27-14-19(26)25(13-5-12-24(2)3)21-23-20-17(22)6-4-7-18(20)28-21/h4,6-11H,5,12-14H2,1-3H3/p+1. The Hall–Kier alpha value is -1.96. The zero-order valence-electron chi connectivity index (χ0n) is 16.4. The number of nitrogens with one attached hydrogen (secondary N) is 1. The molecule has 3 aromatic rings. The molecule has 0 radical (unpaired) electrons. The van der Waals surface area contributed by atoms with Crippen LogP contribution in [0.3, 0.4) is 0 Å². The molecule has 0 unspecified atom stereocenters. The highest BCUT2D eigenvalue weighted by Gasteiger charge is 2.21. The van der Waals surface area contributed by atoms with Crippen molar-refractivity contribution < 1.29 is 14.1 Å². The number of hydrogen-bond acceptors (Lipinski definition) is 4. The molecule has 1 heterocycles. The predicted molar refractivity (Wildman–Crippen MR) is 116 cm³/mol. The molecule has 0 aliphatic heterocycles. The van der Waals surface area contributed by atoms with Crippen LogP contribution in [-0.4, -0.2) is 43.8 Å². The van der Waals surface area contributed by atoms with Gasteiger partial charge in [-0.05, 0) is 31.2 Å². The molecule has 0 saturated carbocycles. The van der Waals surface area contributed by atoms with Gasteiger partial charge >= 0.3 is 0 Å². The topological polar surface area (TPSA) is 37.6 Å². The lowest BCUT2D eigenvalue weighted by Crippen LogP contribution is -3.05. The number of hydrogen-bond donors (Lipinski definition) is 1. The summed E-state index contributed by atoms with van der Waals surface area (Å²) in [6, 6.07) is 13.1. The summed E-state index contributed by atoms with van der Waals surface area (Å²) in [5.74, 6) is -0.0195. The Balaban J connectivity index is 1.77. The third kappa shape index (κ3) is 5.31. The summed E-state index contributed by atoms with van der Waals surface area (Å²) < 4.78 is 14.8. The van der Waals surface area contributed by atoms with Gasteiger partial charge in [-0.1, -0.05) is 35.1 Å². The first-order chi connectivity index (χ1) is 13.4. The fraction of sp³-hybridized carbons (Fsp3) is 0.333. The Morgan fingerprint density at radius 1 is 1.21 bits per heavy atom. The first kappa shape index (κ1) is 20.8. The second kappa shape index (κ2) is 9.49. The van der Waals surface area contributed by atoms with E-state index in [1.165, 1.54) is 39.6 Å². The third-order valence-corrected chi connectivity index (χ3v) is 6.37. The van der Waals surface area contributed by atoms with E-state index in [1.807, 2.05) is 37.3 Å². The quantitative estimate of drug-likeness (QED) is 0.570. The summed E-state index contributed by atoms with van der Waals surface area (Å²) in [5.41, 5.74) is 1.53. The number of anilines is 1. The summed E-state index contributed by atoms with van der Waals surface area (Å²) in [7, 11) is 4.18. The number of thiazole rings is 1. The molecular formula is C21H25FN3OS2+. The van der Waals surface area contributed by atoms with Crippen molar-refractivity contribution in [2.24, 2.45) is 0 Å². The van der Waals surface area contributed by atoms with Gasteiger partial charge in [-0.2, -0.15) is 0 Å². The molecule has 0 bridgehead atoms. The molecule has 0 spiro atoms. The van der Waals surface area contributed by atoms with E-state index in [2.05, 4.69) is 19.1 Å². The lowest BCUT2D eigenvalue weighted by atomic mass is 10.2. The fourth-order valence-electron chi connectivity index (χ4n) is 2.79.